The molecule has 0 radical (unpaired) electrons. The number of carbonyl (C=O) groups is 2. The second-order valence-electron chi connectivity index (χ2n) is 6.60. The van der Waals surface area contributed by atoms with Crippen LogP contribution in [0.25, 0.3) is 11.0 Å². The fraction of sp³-hybridized carbons (Fsp3) is 0.238. The molecule has 0 aliphatic carbocycles. The van der Waals surface area contributed by atoms with Gasteiger partial charge in [0.25, 0.3) is 5.91 Å². The van der Waals surface area contributed by atoms with E-state index in [4.69, 9.17) is 0 Å². The Morgan fingerprint density at radius 2 is 1.68 bits per heavy atom. The number of amides is 2. The predicted octanol–water partition coefficient (Wildman–Crippen LogP) is 3.33. The summed E-state index contributed by atoms with van der Waals surface area (Å²) in [5.41, 5.74) is 2.28. The molecule has 144 valence electrons. The number of nitrogens with one attached hydrogen (secondary N) is 2. The van der Waals surface area contributed by atoms with Crippen LogP contribution in [0.5, 0.6) is 0 Å². The van der Waals surface area contributed by atoms with Crippen molar-refractivity contribution in [1.29, 1.82) is 0 Å². The lowest BCUT2D eigenvalue weighted by atomic mass is 10.1. The number of pyridine rings is 2. The highest BCUT2D eigenvalue weighted by molar-refractivity contribution is 6.05. The molecule has 0 saturated heterocycles. The third-order valence-corrected chi connectivity index (χ3v) is 4.23. The third-order valence-electron chi connectivity index (χ3n) is 4.23. The van der Waals surface area contributed by atoms with Crippen LogP contribution in [-0.4, -0.2) is 21.4 Å². The smallest absolute Gasteiger partial charge is 0.261 e. The normalized spacial score (nSPS) is 10.7. The molecule has 28 heavy (non-hydrogen) atoms. The van der Waals surface area contributed by atoms with Crippen molar-refractivity contribution >= 4 is 34.2 Å². The van der Waals surface area contributed by atoms with Gasteiger partial charge >= 0.3 is 0 Å². The van der Waals surface area contributed by atoms with E-state index in [1.807, 2.05) is 18.4 Å². The molecule has 2 N–H and O–H groups in total. The van der Waals surface area contributed by atoms with Crippen molar-refractivity contribution in [2.45, 2.75) is 33.7 Å². The summed E-state index contributed by atoms with van der Waals surface area (Å²) in [5, 5.41) is 5.82. The first kappa shape index (κ1) is 19.3. The number of fused-ring (bicyclic) bond motifs is 1. The summed E-state index contributed by atoms with van der Waals surface area (Å²) >= 11 is 0. The summed E-state index contributed by atoms with van der Waals surface area (Å²) < 4.78 is 1.85. The summed E-state index contributed by atoms with van der Waals surface area (Å²) in [6.07, 6.45) is 2.42. The molecule has 3 rings (SSSR count). The number of carbonyl (C=O) groups excluding carboxylic acids is 2. The fourth-order valence-electron chi connectivity index (χ4n) is 2.97. The number of hydrogen-bond donors (Lipinski definition) is 2. The summed E-state index contributed by atoms with van der Waals surface area (Å²) in [6.45, 7) is 5.97. The summed E-state index contributed by atoms with van der Waals surface area (Å²) in [5.74, 6) is -0.655. The van der Waals surface area contributed by atoms with Gasteiger partial charge in [-0.1, -0.05) is 6.92 Å². The van der Waals surface area contributed by atoms with Gasteiger partial charge in [0.1, 0.15) is 11.2 Å². The summed E-state index contributed by atoms with van der Waals surface area (Å²) in [7, 11) is 0. The number of anilines is 2. The minimum atomic E-state index is -0.482. The Kier molecular flexibility index (Phi) is 5.54. The molecule has 2 amide bonds. The Balaban J connectivity index is 1.95. The minimum absolute atomic E-state index is 0.0672. The molecule has 0 atom stereocenters. The van der Waals surface area contributed by atoms with Crippen molar-refractivity contribution < 1.29 is 9.59 Å². The van der Waals surface area contributed by atoms with E-state index in [0.29, 0.717) is 29.0 Å². The second kappa shape index (κ2) is 8.04. The molecular formula is C21H22N4O3. The van der Waals surface area contributed by atoms with Gasteiger partial charge in [-0.3, -0.25) is 14.4 Å². The number of hydrogen-bond acceptors (Lipinski definition) is 4. The molecule has 1 aromatic carbocycles. The van der Waals surface area contributed by atoms with Crippen LogP contribution < -0.4 is 16.1 Å². The zero-order valence-corrected chi connectivity index (χ0v) is 16.1. The number of rotatable bonds is 5. The predicted molar refractivity (Wildman–Crippen MR) is 110 cm³/mol. The van der Waals surface area contributed by atoms with E-state index in [1.165, 1.54) is 6.92 Å². The van der Waals surface area contributed by atoms with E-state index in [1.54, 1.807) is 42.6 Å². The molecule has 3 aromatic rings. The van der Waals surface area contributed by atoms with Gasteiger partial charge in [0.15, 0.2) is 0 Å². The summed E-state index contributed by atoms with van der Waals surface area (Å²) in [6, 6.07) is 10.2. The molecule has 7 nitrogen and oxygen atoms in total. The molecule has 0 aliphatic rings. The number of nitrogens with zero attached hydrogens (tertiary/aromatic N) is 2. The third kappa shape index (κ3) is 4.09. The first-order chi connectivity index (χ1) is 13.4. The Hall–Kier alpha value is -3.48. The van der Waals surface area contributed by atoms with Gasteiger partial charge in [-0.15, -0.1) is 0 Å². The van der Waals surface area contributed by atoms with E-state index >= 15 is 0 Å². The van der Waals surface area contributed by atoms with E-state index in [9.17, 15) is 14.4 Å². The molecule has 7 heteroatoms. The quantitative estimate of drug-likeness (QED) is 0.712. The van der Waals surface area contributed by atoms with Crippen molar-refractivity contribution in [3.63, 3.8) is 0 Å². The van der Waals surface area contributed by atoms with Crippen LogP contribution in [0.1, 0.15) is 36.3 Å². The first-order valence-electron chi connectivity index (χ1n) is 9.09. The van der Waals surface area contributed by atoms with Crippen molar-refractivity contribution in [3.8, 4) is 0 Å². The number of benzene rings is 1. The van der Waals surface area contributed by atoms with Crippen LogP contribution in [0, 0.1) is 6.92 Å². The molecule has 0 unspecified atom stereocenters. The van der Waals surface area contributed by atoms with Crippen molar-refractivity contribution in [1.82, 2.24) is 9.55 Å². The van der Waals surface area contributed by atoms with Gasteiger partial charge in [-0.2, -0.15) is 0 Å². The van der Waals surface area contributed by atoms with E-state index < -0.39 is 5.91 Å². The highest BCUT2D eigenvalue weighted by Crippen LogP contribution is 2.16. The van der Waals surface area contributed by atoms with Crippen LogP contribution in [0.2, 0.25) is 0 Å². The van der Waals surface area contributed by atoms with Crippen molar-refractivity contribution in [2.75, 3.05) is 10.6 Å². The van der Waals surface area contributed by atoms with Crippen LogP contribution in [0.4, 0.5) is 11.4 Å². The molecule has 0 aliphatic heterocycles. The monoisotopic (exact) mass is 378 g/mol. The van der Waals surface area contributed by atoms with Gasteiger partial charge < -0.3 is 15.2 Å². The van der Waals surface area contributed by atoms with Crippen LogP contribution in [-0.2, 0) is 11.3 Å². The highest BCUT2D eigenvalue weighted by Gasteiger charge is 2.16. The van der Waals surface area contributed by atoms with Crippen LogP contribution in [0.15, 0.2) is 47.4 Å². The topological polar surface area (TPSA) is 93.1 Å². The highest BCUT2D eigenvalue weighted by atomic mass is 16.2. The average molecular weight is 378 g/mol. The SMILES string of the molecule is CCCn1cc(C(=O)Nc2ccc(NC(C)=O)cc2)c(=O)c2ccc(C)nc21. The van der Waals surface area contributed by atoms with Gasteiger partial charge in [-0.05, 0) is 49.7 Å². The Morgan fingerprint density at radius 1 is 1.04 bits per heavy atom. The van der Waals surface area contributed by atoms with Crippen molar-refractivity contribution in [2.24, 2.45) is 0 Å². The molecular weight excluding hydrogens is 356 g/mol. The zero-order valence-electron chi connectivity index (χ0n) is 16.1. The number of aromatic nitrogens is 2. The summed E-state index contributed by atoms with van der Waals surface area (Å²) in [4.78, 5) is 41.1. The minimum Gasteiger partial charge on any atom is -0.331 e. The molecule has 0 bridgehead atoms. The lowest BCUT2D eigenvalue weighted by molar-refractivity contribution is -0.114. The maximum absolute atomic E-state index is 12.8. The Labute approximate surface area is 162 Å². The molecule has 0 fully saturated rings. The second-order valence-corrected chi connectivity index (χ2v) is 6.60. The van der Waals surface area contributed by atoms with Gasteiger partial charge in [-0.25, -0.2) is 4.98 Å². The molecule has 2 aromatic heterocycles. The van der Waals surface area contributed by atoms with Gasteiger partial charge in [0.2, 0.25) is 11.3 Å². The Morgan fingerprint density at radius 3 is 2.29 bits per heavy atom. The van der Waals surface area contributed by atoms with Crippen LogP contribution >= 0.6 is 0 Å². The molecule has 0 spiro atoms. The largest absolute Gasteiger partial charge is 0.331 e. The lowest BCUT2D eigenvalue weighted by Gasteiger charge is -2.13. The van der Waals surface area contributed by atoms with E-state index in [-0.39, 0.29) is 16.9 Å². The van der Waals surface area contributed by atoms with Gasteiger partial charge in [0.05, 0.1) is 5.39 Å². The molecule has 2 heterocycles. The van der Waals surface area contributed by atoms with Crippen molar-refractivity contribution in [3.05, 3.63) is 64.1 Å². The standard InChI is InChI=1S/C21H22N4O3/c1-4-11-25-12-18(19(27)17-10-5-13(2)22-20(17)25)21(28)24-16-8-6-15(7-9-16)23-14(3)26/h5-10,12H,4,11H2,1-3H3,(H,23,26)(H,24,28). The van der Waals surface area contributed by atoms with E-state index in [0.717, 1.165) is 12.1 Å². The first-order valence-corrected chi connectivity index (χ1v) is 9.09. The van der Waals surface area contributed by atoms with E-state index in [2.05, 4.69) is 15.6 Å². The lowest BCUT2D eigenvalue weighted by Crippen LogP contribution is -2.24. The maximum Gasteiger partial charge on any atom is 0.261 e. The number of aryl methyl sites for hydroxylation is 2. The fourth-order valence-corrected chi connectivity index (χ4v) is 2.97. The Bertz CT molecular complexity index is 1100. The average Bonchev–Trinajstić information content (AvgIpc) is 2.65. The zero-order chi connectivity index (χ0) is 20.3. The molecule has 0 saturated carbocycles. The van der Waals surface area contributed by atoms with Gasteiger partial charge in [0, 0.05) is 36.7 Å². The van der Waals surface area contributed by atoms with Crippen LogP contribution in [0.3, 0.4) is 0 Å². The maximum atomic E-state index is 12.8.